The van der Waals surface area contributed by atoms with Crippen LogP contribution in [0.1, 0.15) is 30.5 Å². The molecule has 2 heteroatoms. The minimum atomic E-state index is 0.228. The van der Waals surface area contributed by atoms with Crippen molar-refractivity contribution in [3.8, 4) is 0 Å². The van der Waals surface area contributed by atoms with Crippen LogP contribution in [0, 0.1) is 6.92 Å². The summed E-state index contributed by atoms with van der Waals surface area (Å²) in [5.74, 6) is 0.268. The van der Waals surface area contributed by atoms with Crippen LogP contribution in [0.2, 0.25) is 0 Å². The van der Waals surface area contributed by atoms with Gasteiger partial charge in [-0.2, -0.15) is 0 Å². The second-order valence-electron chi connectivity index (χ2n) is 4.09. The second-order valence-corrected chi connectivity index (χ2v) is 4.09. The molecule has 0 saturated carbocycles. The molecule has 1 aromatic heterocycles. The Bertz CT molecular complexity index is 455. The highest BCUT2D eigenvalue weighted by atomic mass is 16.3. The molecule has 80 valence electrons. The van der Waals surface area contributed by atoms with Crippen LogP contribution in [-0.2, 0) is 0 Å². The lowest BCUT2D eigenvalue weighted by Gasteiger charge is -2.11. The Balaban J connectivity index is 2.45. The molecule has 0 spiro atoms. The highest BCUT2D eigenvalue weighted by molar-refractivity contribution is 5.81. The molecule has 1 aromatic carbocycles. The lowest BCUT2D eigenvalue weighted by atomic mass is 9.96. The number of aliphatic hydroxyl groups is 1. The molecule has 0 amide bonds. The monoisotopic (exact) mass is 203 g/mol. The molecule has 1 atom stereocenters. The number of hydrogen-bond acceptors (Lipinski definition) is 1. The molecule has 2 nitrogen and oxygen atoms in total. The number of aromatic amines is 1. The quantitative estimate of drug-likeness (QED) is 0.790. The van der Waals surface area contributed by atoms with Crippen LogP contribution in [0.15, 0.2) is 24.3 Å². The van der Waals surface area contributed by atoms with Crippen molar-refractivity contribution in [1.29, 1.82) is 0 Å². The number of hydrogen-bond donors (Lipinski definition) is 2. The van der Waals surface area contributed by atoms with Crippen molar-refractivity contribution in [1.82, 2.24) is 4.98 Å². The lowest BCUT2D eigenvalue weighted by molar-refractivity contribution is 0.262. The number of nitrogens with one attached hydrogen (secondary N) is 1. The molecular weight excluding hydrogens is 186 g/mol. The smallest absolute Gasteiger partial charge is 0.0499 e. The van der Waals surface area contributed by atoms with Gasteiger partial charge in [-0.3, -0.25) is 0 Å². The van der Waals surface area contributed by atoms with E-state index in [4.69, 9.17) is 0 Å². The highest BCUT2D eigenvalue weighted by Gasteiger charge is 2.08. The van der Waals surface area contributed by atoms with Crippen LogP contribution >= 0.6 is 0 Å². The van der Waals surface area contributed by atoms with Gasteiger partial charge in [-0.1, -0.05) is 13.0 Å². The Kier molecular flexibility index (Phi) is 2.78. The van der Waals surface area contributed by atoms with Gasteiger partial charge in [-0.15, -0.1) is 0 Å². The maximum absolute atomic E-state index is 9.25. The van der Waals surface area contributed by atoms with Crippen molar-refractivity contribution in [2.24, 2.45) is 0 Å². The van der Waals surface area contributed by atoms with Gasteiger partial charge in [0.25, 0.3) is 0 Å². The fourth-order valence-electron chi connectivity index (χ4n) is 2.02. The highest BCUT2D eigenvalue weighted by Crippen LogP contribution is 2.24. The Hall–Kier alpha value is -1.28. The zero-order valence-corrected chi connectivity index (χ0v) is 9.25. The van der Waals surface area contributed by atoms with Crippen molar-refractivity contribution < 1.29 is 5.11 Å². The lowest BCUT2D eigenvalue weighted by Crippen LogP contribution is -2.01. The fraction of sp³-hybridized carbons (Fsp3) is 0.385. The number of aromatic nitrogens is 1. The molecular formula is C13H17NO. The summed E-state index contributed by atoms with van der Waals surface area (Å²) in [4.78, 5) is 3.30. The molecule has 1 unspecified atom stereocenters. The van der Waals surface area contributed by atoms with E-state index >= 15 is 0 Å². The zero-order chi connectivity index (χ0) is 10.8. The minimum Gasteiger partial charge on any atom is -0.396 e. The van der Waals surface area contributed by atoms with Gasteiger partial charge < -0.3 is 10.1 Å². The van der Waals surface area contributed by atoms with Gasteiger partial charge in [-0.05, 0) is 42.5 Å². The molecule has 15 heavy (non-hydrogen) atoms. The number of H-pyrrole nitrogens is 1. The van der Waals surface area contributed by atoms with E-state index in [9.17, 15) is 5.11 Å². The third-order valence-corrected chi connectivity index (χ3v) is 2.96. The van der Waals surface area contributed by atoms with Crippen LogP contribution in [0.25, 0.3) is 10.9 Å². The fourth-order valence-corrected chi connectivity index (χ4v) is 2.02. The summed E-state index contributed by atoms with van der Waals surface area (Å²) < 4.78 is 0. The Labute approximate surface area is 89.9 Å². The first-order chi connectivity index (χ1) is 7.24. The van der Waals surface area contributed by atoms with E-state index in [0.717, 1.165) is 6.42 Å². The van der Waals surface area contributed by atoms with E-state index in [1.54, 1.807) is 0 Å². The zero-order valence-electron chi connectivity index (χ0n) is 9.25. The molecule has 2 N–H and O–H groups in total. The van der Waals surface area contributed by atoms with Crippen molar-refractivity contribution in [3.05, 3.63) is 35.5 Å². The Morgan fingerprint density at radius 2 is 2.13 bits per heavy atom. The largest absolute Gasteiger partial charge is 0.396 e. The predicted molar refractivity (Wildman–Crippen MR) is 63.2 cm³/mol. The van der Waals surface area contributed by atoms with E-state index in [1.807, 2.05) is 0 Å². The van der Waals surface area contributed by atoms with E-state index in [2.05, 4.69) is 43.1 Å². The van der Waals surface area contributed by atoms with Gasteiger partial charge in [-0.25, -0.2) is 0 Å². The minimum absolute atomic E-state index is 0.228. The van der Waals surface area contributed by atoms with E-state index in [-0.39, 0.29) is 12.5 Å². The molecule has 0 bridgehead atoms. The summed E-state index contributed by atoms with van der Waals surface area (Å²) in [6, 6.07) is 8.50. The van der Waals surface area contributed by atoms with E-state index in [1.165, 1.54) is 22.2 Å². The molecule has 0 aliphatic carbocycles. The first-order valence-corrected chi connectivity index (χ1v) is 5.44. The van der Waals surface area contributed by atoms with E-state index < -0.39 is 0 Å². The molecule has 2 aromatic rings. The van der Waals surface area contributed by atoms with Crippen molar-refractivity contribution >= 4 is 10.9 Å². The van der Waals surface area contributed by atoms with Crippen molar-refractivity contribution in [2.75, 3.05) is 6.61 Å². The standard InChI is InChI=1S/C13H17NO/c1-3-10(8-15)11-4-5-13-12(7-11)6-9(2)14-13/h4-7,10,14-15H,3,8H2,1-2H3. The summed E-state index contributed by atoms with van der Waals surface area (Å²) >= 11 is 0. The molecule has 1 heterocycles. The molecule has 0 radical (unpaired) electrons. The molecule has 0 aliphatic heterocycles. The van der Waals surface area contributed by atoms with Crippen LogP contribution in [0.3, 0.4) is 0 Å². The number of fused-ring (bicyclic) bond motifs is 1. The normalized spacial score (nSPS) is 13.3. The van der Waals surface area contributed by atoms with Gasteiger partial charge in [0.05, 0.1) is 0 Å². The SMILES string of the molecule is CCC(CO)c1ccc2[nH]c(C)cc2c1. The van der Waals surface area contributed by atoms with Gasteiger partial charge in [0, 0.05) is 23.7 Å². The molecule has 0 saturated heterocycles. The van der Waals surface area contributed by atoms with Gasteiger partial charge in [0.2, 0.25) is 0 Å². The van der Waals surface area contributed by atoms with Gasteiger partial charge in [0.15, 0.2) is 0 Å². The van der Waals surface area contributed by atoms with Crippen LogP contribution in [0.4, 0.5) is 0 Å². The second kappa shape index (κ2) is 4.07. The number of aryl methyl sites for hydroxylation is 1. The third kappa shape index (κ3) is 1.90. The summed E-state index contributed by atoms with van der Waals surface area (Å²) in [6.07, 6.45) is 0.978. The average Bonchev–Trinajstić information content (AvgIpc) is 2.59. The molecule has 0 fully saturated rings. The van der Waals surface area contributed by atoms with Crippen LogP contribution in [0.5, 0.6) is 0 Å². The Morgan fingerprint density at radius 1 is 1.33 bits per heavy atom. The first kappa shape index (κ1) is 10.2. The van der Waals surface area contributed by atoms with E-state index in [0.29, 0.717) is 0 Å². The maximum Gasteiger partial charge on any atom is 0.0499 e. The van der Waals surface area contributed by atoms with Crippen LogP contribution < -0.4 is 0 Å². The topological polar surface area (TPSA) is 36.0 Å². The summed E-state index contributed by atoms with van der Waals surface area (Å²) in [5, 5.41) is 10.5. The number of aliphatic hydroxyl groups excluding tert-OH is 1. The van der Waals surface area contributed by atoms with Crippen LogP contribution in [-0.4, -0.2) is 16.7 Å². The maximum atomic E-state index is 9.25. The molecule has 0 aliphatic rings. The summed E-state index contributed by atoms with van der Waals surface area (Å²) in [6.45, 7) is 4.39. The Morgan fingerprint density at radius 3 is 2.80 bits per heavy atom. The number of benzene rings is 1. The molecule has 2 rings (SSSR count). The first-order valence-electron chi connectivity index (χ1n) is 5.44. The number of rotatable bonds is 3. The summed E-state index contributed by atoms with van der Waals surface area (Å²) in [7, 11) is 0. The third-order valence-electron chi connectivity index (χ3n) is 2.96. The predicted octanol–water partition coefficient (Wildman–Crippen LogP) is 2.96. The summed E-state index contributed by atoms with van der Waals surface area (Å²) in [5.41, 5.74) is 3.58. The van der Waals surface area contributed by atoms with Gasteiger partial charge >= 0.3 is 0 Å². The average molecular weight is 203 g/mol. The van der Waals surface area contributed by atoms with Crippen molar-refractivity contribution in [2.45, 2.75) is 26.2 Å². The van der Waals surface area contributed by atoms with Crippen molar-refractivity contribution in [3.63, 3.8) is 0 Å². The van der Waals surface area contributed by atoms with Gasteiger partial charge in [0.1, 0.15) is 0 Å².